The van der Waals surface area contributed by atoms with Crippen LogP contribution in [0, 0.1) is 11.7 Å². The highest BCUT2D eigenvalue weighted by atomic mass is 32.2. The molecule has 0 radical (unpaired) electrons. The molecule has 0 bridgehead atoms. The monoisotopic (exact) mass is 355 g/mol. The zero-order valence-electron chi connectivity index (χ0n) is 13.1. The van der Waals surface area contributed by atoms with Gasteiger partial charge in [-0.05, 0) is 37.1 Å². The molecule has 1 N–H and O–H groups in total. The zero-order chi connectivity index (χ0) is 16.8. The second-order valence-electron chi connectivity index (χ2n) is 5.28. The van der Waals surface area contributed by atoms with Crippen LogP contribution in [0.4, 0.5) is 9.52 Å². The van der Waals surface area contributed by atoms with E-state index >= 15 is 0 Å². The molecule has 1 amide bonds. The van der Waals surface area contributed by atoms with Crippen molar-refractivity contribution in [2.75, 3.05) is 11.1 Å². The summed E-state index contributed by atoms with van der Waals surface area (Å²) < 4.78 is 19.1. The Labute approximate surface area is 142 Å². The lowest BCUT2D eigenvalue weighted by molar-refractivity contribution is -0.122. The van der Waals surface area contributed by atoms with Crippen LogP contribution in [0.25, 0.3) is 0 Å². The third-order valence-corrected chi connectivity index (χ3v) is 5.07. The summed E-state index contributed by atoms with van der Waals surface area (Å²) in [6.45, 7) is 5.88. The molecule has 0 fully saturated rings. The second-order valence-corrected chi connectivity index (χ2v) is 7.53. The summed E-state index contributed by atoms with van der Waals surface area (Å²) in [5, 5.41) is 11.1. The van der Waals surface area contributed by atoms with Gasteiger partial charge in [-0.3, -0.25) is 10.1 Å². The van der Waals surface area contributed by atoms with Gasteiger partial charge in [-0.1, -0.05) is 36.9 Å². The van der Waals surface area contributed by atoms with Crippen molar-refractivity contribution in [1.29, 1.82) is 0 Å². The summed E-state index contributed by atoms with van der Waals surface area (Å²) in [5.41, 5.74) is 0. The average molecular weight is 355 g/mol. The van der Waals surface area contributed by atoms with Crippen LogP contribution in [0.1, 0.15) is 20.8 Å². The van der Waals surface area contributed by atoms with Gasteiger partial charge in [0.25, 0.3) is 5.91 Å². The Balaban J connectivity index is 1.86. The van der Waals surface area contributed by atoms with E-state index in [9.17, 15) is 9.18 Å². The summed E-state index contributed by atoms with van der Waals surface area (Å²) in [6.07, 6.45) is -0.726. The number of nitrogens with zero attached hydrogens (tertiary/aromatic N) is 2. The first-order chi connectivity index (χ1) is 10.9. The average Bonchev–Trinajstić information content (AvgIpc) is 2.95. The summed E-state index contributed by atoms with van der Waals surface area (Å²) in [7, 11) is 0. The van der Waals surface area contributed by atoms with Crippen LogP contribution in [0.5, 0.6) is 5.75 Å². The summed E-state index contributed by atoms with van der Waals surface area (Å²) in [4.78, 5) is 12.1. The molecular weight excluding hydrogens is 337 g/mol. The maximum atomic E-state index is 12.8. The molecule has 124 valence electrons. The molecule has 2 rings (SSSR count). The molecular formula is C15H18FN3O2S2. The lowest BCUT2D eigenvalue weighted by Crippen LogP contribution is -2.30. The van der Waals surface area contributed by atoms with Gasteiger partial charge in [-0.15, -0.1) is 10.2 Å². The Kier molecular flexibility index (Phi) is 6.35. The lowest BCUT2D eigenvalue weighted by atomic mass is 10.3. The minimum absolute atomic E-state index is 0.328. The van der Waals surface area contributed by atoms with Gasteiger partial charge in [0, 0.05) is 5.75 Å². The molecule has 0 aliphatic rings. The predicted molar refractivity (Wildman–Crippen MR) is 90.6 cm³/mol. The topological polar surface area (TPSA) is 64.1 Å². The highest BCUT2D eigenvalue weighted by Crippen LogP contribution is 2.27. The van der Waals surface area contributed by atoms with Crippen LogP contribution >= 0.6 is 23.1 Å². The maximum absolute atomic E-state index is 12.8. The number of amides is 1. The summed E-state index contributed by atoms with van der Waals surface area (Å²) in [6, 6.07) is 5.52. The summed E-state index contributed by atoms with van der Waals surface area (Å²) >= 11 is 2.95. The number of halogens is 1. The van der Waals surface area contributed by atoms with Crippen molar-refractivity contribution in [2.45, 2.75) is 31.2 Å². The van der Waals surface area contributed by atoms with Crippen molar-refractivity contribution in [3.8, 4) is 5.75 Å². The van der Waals surface area contributed by atoms with Crippen LogP contribution < -0.4 is 10.1 Å². The van der Waals surface area contributed by atoms with Gasteiger partial charge in [0.15, 0.2) is 10.4 Å². The van der Waals surface area contributed by atoms with Crippen molar-refractivity contribution in [3.05, 3.63) is 30.1 Å². The molecule has 23 heavy (non-hydrogen) atoms. The molecule has 0 spiro atoms. The van der Waals surface area contributed by atoms with Crippen LogP contribution in [0.2, 0.25) is 0 Å². The minimum atomic E-state index is -0.726. The fourth-order valence-electron chi connectivity index (χ4n) is 1.53. The molecule has 5 nitrogen and oxygen atoms in total. The van der Waals surface area contributed by atoms with Crippen molar-refractivity contribution < 1.29 is 13.9 Å². The van der Waals surface area contributed by atoms with E-state index in [4.69, 9.17) is 4.74 Å². The Bertz CT molecular complexity index is 646. The number of aromatic nitrogens is 2. The molecule has 2 aromatic rings. The number of rotatable bonds is 7. The molecule has 1 atom stereocenters. The quantitative estimate of drug-likeness (QED) is 0.604. The SMILES string of the molecule is CC(C)CSc1nnc(NC(=O)C(C)Oc2ccc(F)cc2)s1. The third kappa shape index (κ3) is 5.80. The number of carbonyl (C=O) groups excluding carboxylic acids is 1. The fourth-order valence-corrected chi connectivity index (χ4v) is 3.27. The molecule has 0 saturated carbocycles. The summed E-state index contributed by atoms with van der Waals surface area (Å²) in [5.74, 6) is 1.26. The molecule has 8 heteroatoms. The number of anilines is 1. The Morgan fingerprint density at radius 2 is 2.00 bits per heavy atom. The highest BCUT2D eigenvalue weighted by molar-refractivity contribution is 8.01. The van der Waals surface area contributed by atoms with Gasteiger partial charge in [-0.25, -0.2) is 4.39 Å². The van der Waals surface area contributed by atoms with Gasteiger partial charge in [0.05, 0.1) is 0 Å². The second kappa shape index (κ2) is 8.26. The van der Waals surface area contributed by atoms with E-state index < -0.39 is 6.10 Å². The number of thioether (sulfide) groups is 1. The lowest BCUT2D eigenvalue weighted by Gasteiger charge is -2.13. The molecule has 0 saturated heterocycles. The highest BCUT2D eigenvalue weighted by Gasteiger charge is 2.17. The molecule has 1 aromatic carbocycles. The van der Waals surface area contributed by atoms with E-state index in [1.807, 2.05) is 0 Å². The zero-order valence-corrected chi connectivity index (χ0v) is 14.7. The number of hydrogen-bond acceptors (Lipinski definition) is 6. The van der Waals surface area contributed by atoms with Gasteiger partial charge in [0.1, 0.15) is 11.6 Å². The van der Waals surface area contributed by atoms with Gasteiger partial charge in [-0.2, -0.15) is 0 Å². The van der Waals surface area contributed by atoms with Crippen molar-refractivity contribution in [1.82, 2.24) is 10.2 Å². The molecule has 1 heterocycles. The van der Waals surface area contributed by atoms with Crippen molar-refractivity contribution in [2.24, 2.45) is 5.92 Å². The van der Waals surface area contributed by atoms with Gasteiger partial charge in [0.2, 0.25) is 5.13 Å². The number of nitrogens with one attached hydrogen (secondary N) is 1. The maximum Gasteiger partial charge on any atom is 0.266 e. The van der Waals surface area contributed by atoms with Crippen molar-refractivity contribution in [3.63, 3.8) is 0 Å². The molecule has 1 aromatic heterocycles. The standard InChI is InChI=1S/C15H18FN3O2S2/c1-9(2)8-22-15-19-18-14(23-15)17-13(20)10(3)21-12-6-4-11(16)5-7-12/h4-7,9-10H,8H2,1-3H3,(H,17,18,20). The minimum Gasteiger partial charge on any atom is -0.481 e. The largest absolute Gasteiger partial charge is 0.481 e. The Morgan fingerprint density at radius 3 is 2.65 bits per heavy atom. The van der Waals surface area contributed by atoms with E-state index in [1.165, 1.54) is 35.6 Å². The molecule has 0 aliphatic carbocycles. The first-order valence-electron chi connectivity index (χ1n) is 7.13. The van der Waals surface area contributed by atoms with Gasteiger partial charge < -0.3 is 4.74 Å². The smallest absolute Gasteiger partial charge is 0.266 e. The number of hydrogen-bond donors (Lipinski definition) is 1. The molecule has 0 aliphatic heterocycles. The predicted octanol–water partition coefficient (Wildman–Crippen LogP) is 3.83. The number of ether oxygens (including phenoxy) is 1. The first-order valence-corrected chi connectivity index (χ1v) is 8.93. The van der Waals surface area contributed by atoms with E-state index in [0.717, 1.165) is 10.1 Å². The number of carbonyl (C=O) groups is 1. The van der Waals surface area contributed by atoms with Crippen LogP contribution in [0.3, 0.4) is 0 Å². The Hall–Kier alpha value is -1.67. The third-order valence-electron chi connectivity index (χ3n) is 2.67. The van der Waals surface area contributed by atoms with Crippen LogP contribution in [-0.4, -0.2) is 28.0 Å². The van der Waals surface area contributed by atoms with Gasteiger partial charge >= 0.3 is 0 Å². The first kappa shape index (κ1) is 17.7. The van der Waals surface area contributed by atoms with Crippen LogP contribution in [0.15, 0.2) is 28.6 Å². The van der Waals surface area contributed by atoms with E-state index in [1.54, 1.807) is 18.7 Å². The van der Waals surface area contributed by atoms with Crippen LogP contribution in [-0.2, 0) is 4.79 Å². The van der Waals surface area contributed by atoms with E-state index in [2.05, 4.69) is 29.4 Å². The van der Waals surface area contributed by atoms with Crippen molar-refractivity contribution >= 4 is 34.1 Å². The number of benzene rings is 1. The Morgan fingerprint density at radius 1 is 1.30 bits per heavy atom. The molecule has 1 unspecified atom stereocenters. The normalized spacial score (nSPS) is 12.2. The van der Waals surface area contributed by atoms with E-state index in [0.29, 0.717) is 16.8 Å². The fraction of sp³-hybridized carbons (Fsp3) is 0.400. The van der Waals surface area contributed by atoms with E-state index in [-0.39, 0.29) is 11.7 Å².